The molecule has 0 bridgehead atoms. The van der Waals surface area contributed by atoms with Gasteiger partial charge in [0, 0.05) is 51.9 Å². The van der Waals surface area contributed by atoms with Crippen LogP contribution in [0.25, 0.3) is 0 Å². The van der Waals surface area contributed by atoms with Gasteiger partial charge >= 0.3 is 12.1 Å². The first-order chi connectivity index (χ1) is 17.6. The molecule has 1 fully saturated rings. The number of benzene rings is 2. The fourth-order valence-electron chi connectivity index (χ4n) is 5.14. The minimum absolute atomic E-state index is 0.0283. The number of amides is 4. The number of para-hydroxylation sites is 1. The third kappa shape index (κ3) is 5.98. The van der Waals surface area contributed by atoms with Gasteiger partial charge in [0.1, 0.15) is 5.75 Å². The summed E-state index contributed by atoms with van der Waals surface area (Å²) < 4.78 is 5.73. The van der Waals surface area contributed by atoms with Crippen molar-refractivity contribution in [1.29, 1.82) is 0 Å². The first-order valence-electron chi connectivity index (χ1n) is 12.8. The molecule has 37 heavy (non-hydrogen) atoms. The molecule has 2 aliphatic rings. The number of piperidine rings is 1. The Morgan fingerprint density at radius 1 is 1.11 bits per heavy atom. The maximum atomic E-state index is 13.1. The number of likely N-dealkylation sites (N-methyl/N-ethyl adjacent to an activating group) is 1. The van der Waals surface area contributed by atoms with E-state index >= 15 is 0 Å². The quantitative estimate of drug-likeness (QED) is 0.641. The number of aryl methyl sites for hydroxylation is 2. The van der Waals surface area contributed by atoms with Gasteiger partial charge in [-0.2, -0.15) is 0 Å². The Morgan fingerprint density at radius 3 is 2.41 bits per heavy atom. The van der Waals surface area contributed by atoms with Gasteiger partial charge < -0.3 is 29.9 Å². The number of urea groups is 1. The van der Waals surface area contributed by atoms with E-state index in [4.69, 9.17) is 4.74 Å². The number of rotatable bonds is 5. The lowest BCUT2D eigenvalue weighted by Crippen LogP contribution is -2.51. The number of nitrogens with zero attached hydrogens (tertiary/aromatic N) is 3. The van der Waals surface area contributed by atoms with E-state index in [-0.39, 0.29) is 30.2 Å². The van der Waals surface area contributed by atoms with E-state index in [9.17, 15) is 19.5 Å². The highest BCUT2D eigenvalue weighted by molar-refractivity contribution is 5.91. The molecule has 0 aliphatic carbocycles. The highest BCUT2D eigenvalue weighted by Crippen LogP contribution is 2.26. The first kappa shape index (κ1) is 26.3. The van der Waals surface area contributed by atoms with Crippen LogP contribution in [0.2, 0.25) is 0 Å². The normalized spacial score (nSPS) is 16.9. The van der Waals surface area contributed by atoms with Gasteiger partial charge in [-0.1, -0.05) is 30.3 Å². The Morgan fingerprint density at radius 2 is 1.76 bits per heavy atom. The van der Waals surface area contributed by atoms with Gasteiger partial charge in [0.25, 0.3) is 5.91 Å². The third-order valence-corrected chi connectivity index (χ3v) is 7.24. The van der Waals surface area contributed by atoms with Crippen molar-refractivity contribution in [3.8, 4) is 5.75 Å². The Balaban J connectivity index is 1.37. The minimum atomic E-state index is -0.974. The summed E-state index contributed by atoms with van der Waals surface area (Å²) in [6.07, 6.45) is 0.775. The molecule has 9 nitrogen and oxygen atoms in total. The second-order valence-corrected chi connectivity index (χ2v) is 10.1. The molecule has 4 rings (SSSR count). The average molecular weight is 509 g/mol. The highest BCUT2D eigenvalue weighted by Gasteiger charge is 2.33. The zero-order chi connectivity index (χ0) is 26.7. The molecule has 2 heterocycles. The second kappa shape index (κ2) is 11.1. The summed E-state index contributed by atoms with van der Waals surface area (Å²) in [5.74, 6) is -0.0755. The van der Waals surface area contributed by atoms with Crippen LogP contribution in [0, 0.1) is 13.8 Å². The van der Waals surface area contributed by atoms with Crippen molar-refractivity contribution < 1.29 is 24.2 Å². The summed E-state index contributed by atoms with van der Waals surface area (Å²) in [6.45, 7) is 5.12. The van der Waals surface area contributed by atoms with Crippen LogP contribution in [-0.2, 0) is 22.4 Å². The van der Waals surface area contributed by atoms with Crippen LogP contribution in [0.5, 0.6) is 5.75 Å². The molecule has 0 aromatic heterocycles. The van der Waals surface area contributed by atoms with E-state index in [1.165, 1.54) is 4.90 Å². The number of aromatic hydroxyl groups is 1. The van der Waals surface area contributed by atoms with Gasteiger partial charge in [0.05, 0.1) is 0 Å². The van der Waals surface area contributed by atoms with Crippen molar-refractivity contribution >= 4 is 23.7 Å². The fraction of sp³-hybridized carbons (Fsp3) is 0.464. The van der Waals surface area contributed by atoms with E-state index in [0.717, 1.165) is 23.2 Å². The fourth-order valence-corrected chi connectivity index (χ4v) is 5.14. The molecule has 1 saturated heterocycles. The molecule has 0 unspecified atom stereocenters. The van der Waals surface area contributed by atoms with Crippen molar-refractivity contribution in [2.75, 3.05) is 39.0 Å². The molecule has 9 heteroatoms. The van der Waals surface area contributed by atoms with Crippen molar-refractivity contribution in [3.63, 3.8) is 0 Å². The monoisotopic (exact) mass is 508 g/mol. The summed E-state index contributed by atoms with van der Waals surface area (Å²) in [7, 11) is 3.26. The maximum absolute atomic E-state index is 13.1. The number of likely N-dealkylation sites (tertiary alicyclic amines) is 1. The zero-order valence-electron chi connectivity index (χ0n) is 22.0. The SMILES string of the molecule is Cc1cc(C[C@@H](OC(=O)N2CCC(N3CCc4ccccc4NC3=O)CC2)C(=O)N(C)C)cc(C)c1O. The van der Waals surface area contributed by atoms with Crippen molar-refractivity contribution in [3.05, 3.63) is 58.7 Å². The summed E-state index contributed by atoms with van der Waals surface area (Å²) in [4.78, 5) is 43.7. The molecule has 0 radical (unpaired) electrons. The van der Waals surface area contributed by atoms with Gasteiger partial charge in [-0.3, -0.25) is 4.79 Å². The molecule has 0 saturated carbocycles. The Kier molecular flexibility index (Phi) is 7.90. The Hall–Kier alpha value is -3.75. The molecule has 2 aromatic carbocycles. The van der Waals surface area contributed by atoms with E-state index < -0.39 is 12.2 Å². The van der Waals surface area contributed by atoms with Gasteiger partial charge in [0.15, 0.2) is 6.10 Å². The van der Waals surface area contributed by atoms with Crippen LogP contribution >= 0.6 is 0 Å². The van der Waals surface area contributed by atoms with Crippen LogP contribution < -0.4 is 5.32 Å². The largest absolute Gasteiger partial charge is 0.507 e. The van der Waals surface area contributed by atoms with Gasteiger partial charge in [-0.05, 0) is 61.4 Å². The van der Waals surface area contributed by atoms with Gasteiger partial charge in [-0.25, -0.2) is 9.59 Å². The summed E-state index contributed by atoms with van der Waals surface area (Å²) >= 11 is 0. The summed E-state index contributed by atoms with van der Waals surface area (Å²) in [5, 5.41) is 13.1. The summed E-state index contributed by atoms with van der Waals surface area (Å²) in [5.41, 5.74) is 4.20. The minimum Gasteiger partial charge on any atom is -0.507 e. The number of fused-ring (bicyclic) bond motifs is 1. The zero-order valence-corrected chi connectivity index (χ0v) is 22.0. The predicted octanol–water partition coefficient (Wildman–Crippen LogP) is 3.70. The van der Waals surface area contributed by atoms with Gasteiger partial charge in [0.2, 0.25) is 0 Å². The van der Waals surface area contributed by atoms with Crippen LogP contribution in [0.15, 0.2) is 36.4 Å². The molecule has 0 spiro atoms. The number of hydrogen-bond acceptors (Lipinski definition) is 5. The number of phenols is 1. The Labute approximate surface area is 218 Å². The van der Waals surface area contributed by atoms with E-state index in [1.807, 2.05) is 41.3 Å². The van der Waals surface area contributed by atoms with Crippen LogP contribution in [0.1, 0.15) is 35.1 Å². The maximum Gasteiger partial charge on any atom is 0.410 e. The molecular formula is C28H36N4O5. The van der Waals surface area contributed by atoms with Crippen LogP contribution in [-0.4, -0.2) is 83.7 Å². The number of phenolic OH excluding ortho intramolecular Hbond substituents is 1. The number of carbonyl (C=O) groups excluding carboxylic acids is 3. The molecule has 2 aliphatic heterocycles. The third-order valence-electron chi connectivity index (χ3n) is 7.24. The Bertz CT molecular complexity index is 1150. The lowest BCUT2D eigenvalue weighted by Gasteiger charge is -2.37. The number of nitrogens with one attached hydrogen (secondary N) is 1. The van der Waals surface area contributed by atoms with Crippen molar-refractivity contribution in [2.24, 2.45) is 0 Å². The topological polar surface area (TPSA) is 102 Å². The average Bonchev–Trinajstić information content (AvgIpc) is 3.04. The second-order valence-electron chi connectivity index (χ2n) is 10.1. The van der Waals surface area contributed by atoms with Crippen molar-refractivity contribution in [1.82, 2.24) is 14.7 Å². The lowest BCUT2D eigenvalue weighted by atomic mass is 10.0. The van der Waals surface area contributed by atoms with E-state index in [0.29, 0.717) is 43.6 Å². The molecule has 198 valence electrons. The van der Waals surface area contributed by atoms with Gasteiger partial charge in [-0.15, -0.1) is 0 Å². The summed E-state index contributed by atoms with van der Waals surface area (Å²) in [6, 6.07) is 11.4. The van der Waals surface area contributed by atoms with E-state index in [1.54, 1.807) is 32.8 Å². The lowest BCUT2D eigenvalue weighted by molar-refractivity contribution is -0.138. The van der Waals surface area contributed by atoms with Crippen LogP contribution in [0.4, 0.5) is 15.3 Å². The number of carbonyl (C=O) groups is 3. The number of hydrogen-bond donors (Lipinski definition) is 2. The van der Waals surface area contributed by atoms with Crippen molar-refractivity contribution in [2.45, 2.75) is 51.7 Å². The molecule has 2 aromatic rings. The predicted molar refractivity (Wildman–Crippen MR) is 141 cm³/mol. The van der Waals surface area contributed by atoms with E-state index in [2.05, 4.69) is 5.32 Å². The molecular weight excluding hydrogens is 472 g/mol. The molecule has 2 N–H and O–H groups in total. The van der Waals surface area contributed by atoms with Crippen LogP contribution in [0.3, 0.4) is 0 Å². The smallest absolute Gasteiger partial charge is 0.410 e. The number of ether oxygens (including phenoxy) is 1. The number of anilines is 1. The first-order valence-corrected chi connectivity index (χ1v) is 12.8. The molecule has 1 atom stereocenters. The highest BCUT2D eigenvalue weighted by atomic mass is 16.6. The molecule has 4 amide bonds. The standard InChI is InChI=1S/C28H36N4O5/c1-18-15-20(16-19(2)25(18)33)17-24(26(34)30(3)4)37-28(36)31-12-10-22(11-13-31)32-14-9-21-7-5-6-8-23(21)29-27(32)35/h5-8,15-16,22,24,33H,9-14,17H2,1-4H3,(H,29,35)/t24-/m1/s1.